The van der Waals surface area contributed by atoms with Crippen LogP contribution in [0, 0.1) is 62.3 Å². The lowest BCUT2D eigenvalue weighted by Gasteiger charge is -2.40. The van der Waals surface area contributed by atoms with Crippen LogP contribution in [0.2, 0.25) is 0 Å². The van der Waals surface area contributed by atoms with Crippen LogP contribution in [0.1, 0.15) is 83.5 Å². The van der Waals surface area contributed by atoms with Crippen LogP contribution in [0.3, 0.4) is 0 Å². The van der Waals surface area contributed by atoms with Crippen molar-refractivity contribution in [1.29, 1.82) is 0 Å². The van der Waals surface area contributed by atoms with Crippen molar-refractivity contribution in [3.8, 4) is 17.2 Å². The van der Waals surface area contributed by atoms with E-state index < -0.39 is 5.60 Å². The zero-order valence-corrected chi connectivity index (χ0v) is 26.4. The first-order valence-electron chi connectivity index (χ1n) is 14.7. The fourth-order valence-electron chi connectivity index (χ4n) is 6.93. The summed E-state index contributed by atoms with van der Waals surface area (Å²) in [7, 11) is 0. The van der Waals surface area contributed by atoms with Gasteiger partial charge in [0, 0.05) is 27.8 Å². The van der Waals surface area contributed by atoms with E-state index in [2.05, 4.69) is 112 Å². The van der Waals surface area contributed by atoms with Crippen molar-refractivity contribution < 1.29 is 14.2 Å². The molecule has 0 N–H and O–H groups in total. The van der Waals surface area contributed by atoms with E-state index in [4.69, 9.17) is 14.2 Å². The Labute approximate surface area is 250 Å². The third-order valence-corrected chi connectivity index (χ3v) is 9.90. The summed E-state index contributed by atoms with van der Waals surface area (Å²) >= 11 is 0. The lowest BCUT2D eigenvalue weighted by Crippen LogP contribution is -2.34. The molecule has 0 amide bonds. The van der Waals surface area contributed by atoms with E-state index in [9.17, 15) is 0 Å². The summed E-state index contributed by atoms with van der Waals surface area (Å²) in [5, 5.41) is 0. The average molecular weight is 557 g/mol. The largest absolute Gasteiger partial charge is 0.488 e. The molecule has 3 nitrogen and oxygen atoms in total. The van der Waals surface area contributed by atoms with Gasteiger partial charge >= 0.3 is 0 Å². The number of rotatable bonds is 4. The van der Waals surface area contributed by atoms with Crippen molar-refractivity contribution in [3.63, 3.8) is 0 Å². The predicted octanol–water partition coefficient (Wildman–Crippen LogP) is 10.1. The molecule has 3 heteroatoms. The molecule has 2 aliphatic rings. The number of hydrogen-bond donors (Lipinski definition) is 0. The molecule has 1 unspecified atom stereocenters. The van der Waals surface area contributed by atoms with Gasteiger partial charge in [-0.2, -0.15) is 0 Å². The molecule has 4 aromatic rings. The third-order valence-electron chi connectivity index (χ3n) is 9.90. The summed E-state index contributed by atoms with van der Waals surface area (Å²) in [5.74, 6) is 3.21. The van der Waals surface area contributed by atoms with Crippen LogP contribution < -0.4 is 9.47 Å². The Morgan fingerprint density at radius 3 is 1.95 bits per heavy atom. The van der Waals surface area contributed by atoms with Crippen molar-refractivity contribution in [2.24, 2.45) is 0 Å². The zero-order chi connectivity index (χ0) is 30.2. The highest BCUT2D eigenvalue weighted by Gasteiger charge is 2.54. The molecule has 42 heavy (non-hydrogen) atoms. The first kappa shape index (κ1) is 27.9. The molecule has 0 aromatic heterocycles. The van der Waals surface area contributed by atoms with Crippen molar-refractivity contribution in [1.82, 2.24) is 0 Å². The van der Waals surface area contributed by atoms with Crippen molar-refractivity contribution >= 4 is 11.8 Å². The van der Waals surface area contributed by atoms with Gasteiger partial charge < -0.3 is 14.2 Å². The van der Waals surface area contributed by atoms with Gasteiger partial charge in [-0.25, -0.2) is 0 Å². The molecule has 1 spiro atoms. The van der Waals surface area contributed by atoms with E-state index >= 15 is 0 Å². The highest BCUT2D eigenvalue weighted by molar-refractivity contribution is 5.81. The molecule has 0 aliphatic carbocycles. The van der Waals surface area contributed by atoms with E-state index in [0.29, 0.717) is 12.4 Å². The molecular formula is C39H40O3. The van der Waals surface area contributed by atoms with E-state index in [0.717, 1.165) is 61.8 Å². The lowest BCUT2D eigenvalue weighted by atomic mass is 9.72. The topological polar surface area (TPSA) is 27.7 Å². The van der Waals surface area contributed by atoms with Gasteiger partial charge in [0.1, 0.15) is 29.6 Å². The van der Waals surface area contributed by atoms with Crippen LogP contribution in [0.25, 0.3) is 11.8 Å². The van der Waals surface area contributed by atoms with Crippen LogP contribution in [0.15, 0.2) is 49.6 Å². The smallest absolute Gasteiger partial charge is 0.192 e. The minimum Gasteiger partial charge on any atom is -0.488 e. The summed E-state index contributed by atoms with van der Waals surface area (Å²) < 4.78 is 20.5. The molecule has 0 fully saturated rings. The van der Waals surface area contributed by atoms with Crippen molar-refractivity contribution in [2.75, 3.05) is 0 Å². The SMILES string of the molecule is C=Cc1ccc(COc2c(C)cc3c(c2C)Oc2c(cc(C)c(C)c2C)C32OC(=C)c3c(C)c(C)c(C)c(C)c32)cc1. The summed E-state index contributed by atoms with van der Waals surface area (Å²) in [6, 6.07) is 12.8. The van der Waals surface area contributed by atoms with Crippen molar-refractivity contribution in [3.05, 3.63) is 133 Å². The van der Waals surface area contributed by atoms with Gasteiger partial charge in [0.25, 0.3) is 0 Å². The van der Waals surface area contributed by atoms with Gasteiger partial charge in [0.2, 0.25) is 0 Å². The normalized spacial score (nSPS) is 16.5. The van der Waals surface area contributed by atoms with Gasteiger partial charge in [-0.05, 0) is 130 Å². The first-order valence-corrected chi connectivity index (χ1v) is 14.7. The monoisotopic (exact) mass is 556 g/mol. The second kappa shape index (κ2) is 9.66. The van der Waals surface area contributed by atoms with E-state index in [1.54, 1.807) is 0 Å². The van der Waals surface area contributed by atoms with Crippen LogP contribution in [0.5, 0.6) is 17.2 Å². The maximum absolute atomic E-state index is 7.11. The number of hydrogen-bond acceptors (Lipinski definition) is 3. The van der Waals surface area contributed by atoms with Gasteiger partial charge in [0.05, 0.1) is 0 Å². The summed E-state index contributed by atoms with van der Waals surface area (Å²) in [6.45, 7) is 28.3. The number of aryl methyl sites for hydroxylation is 2. The fraction of sp³-hybridized carbons (Fsp3) is 0.282. The zero-order valence-electron chi connectivity index (χ0n) is 26.4. The quantitative estimate of drug-likeness (QED) is 0.250. The number of ether oxygens (including phenoxy) is 3. The average Bonchev–Trinajstić information content (AvgIpc) is 3.28. The first-order chi connectivity index (χ1) is 19.9. The molecule has 2 heterocycles. The lowest BCUT2D eigenvalue weighted by molar-refractivity contribution is 0.124. The second-order valence-electron chi connectivity index (χ2n) is 12.1. The maximum atomic E-state index is 7.11. The summed E-state index contributed by atoms with van der Waals surface area (Å²) in [4.78, 5) is 0. The Hall–Kier alpha value is -4.24. The molecule has 0 saturated heterocycles. The van der Waals surface area contributed by atoms with Crippen LogP contribution >= 0.6 is 0 Å². The molecule has 4 aromatic carbocycles. The Kier molecular flexibility index (Phi) is 6.42. The Morgan fingerprint density at radius 1 is 0.714 bits per heavy atom. The standard InChI is InChI=1S/C39H40O3/c1-12-30-13-15-31(16-14-30)19-40-36-21(3)18-33-38(28(36)10)41-37-27(9)22(4)20(2)17-32(37)39(33)35-26(8)24(6)23(5)25(7)34(35)29(11)42-39/h12-18H,1,11,19H2,2-10H3. The molecule has 2 aliphatic heterocycles. The van der Waals surface area contributed by atoms with Crippen LogP contribution in [0.4, 0.5) is 0 Å². The predicted molar refractivity (Wildman–Crippen MR) is 173 cm³/mol. The minimum atomic E-state index is -0.875. The Morgan fingerprint density at radius 2 is 1.31 bits per heavy atom. The summed E-state index contributed by atoms with van der Waals surface area (Å²) in [6.07, 6.45) is 1.85. The Balaban J connectivity index is 1.62. The second-order valence-corrected chi connectivity index (χ2v) is 12.1. The van der Waals surface area contributed by atoms with Gasteiger partial charge in [-0.15, -0.1) is 0 Å². The fourth-order valence-corrected chi connectivity index (χ4v) is 6.93. The van der Waals surface area contributed by atoms with E-state index in [-0.39, 0.29) is 0 Å². The molecule has 1 atom stereocenters. The van der Waals surface area contributed by atoms with Crippen LogP contribution in [-0.2, 0) is 16.9 Å². The summed E-state index contributed by atoms with van der Waals surface area (Å²) in [5.41, 5.74) is 16.3. The maximum Gasteiger partial charge on any atom is 0.192 e. The highest BCUT2D eigenvalue weighted by Crippen LogP contribution is 2.62. The molecule has 214 valence electrons. The molecule has 6 rings (SSSR count). The number of benzene rings is 4. The van der Waals surface area contributed by atoms with Gasteiger partial charge in [-0.3, -0.25) is 0 Å². The van der Waals surface area contributed by atoms with E-state index in [1.165, 1.54) is 38.9 Å². The number of fused-ring (bicyclic) bond motifs is 6. The molecule has 0 bridgehead atoms. The minimum absolute atomic E-state index is 0.462. The Bertz CT molecular complexity index is 1840. The van der Waals surface area contributed by atoms with Gasteiger partial charge in [0.15, 0.2) is 5.60 Å². The highest BCUT2D eigenvalue weighted by atomic mass is 16.5. The molecular weight excluding hydrogens is 516 g/mol. The third kappa shape index (κ3) is 3.72. The van der Waals surface area contributed by atoms with Gasteiger partial charge in [-0.1, -0.05) is 43.5 Å². The molecule has 0 radical (unpaired) electrons. The van der Waals surface area contributed by atoms with E-state index in [1.807, 2.05) is 6.08 Å². The molecule has 0 saturated carbocycles. The van der Waals surface area contributed by atoms with Crippen molar-refractivity contribution in [2.45, 2.75) is 74.5 Å². The van der Waals surface area contributed by atoms with Crippen LogP contribution in [-0.4, -0.2) is 0 Å².